The summed E-state index contributed by atoms with van der Waals surface area (Å²) in [5, 5.41) is 9.30. The molecule has 0 bridgehead atoms. The van der Waals surface area contributed by atoms with Gasteiger partial charge in [-0.15, -0.1) is 0 Å². The van der Waals surface area contributed by atoms with Crippen LogP contribution in [0.4, 0.5) is 0 Å². The topological polar surface area (TPSA) is 74.2 Å². The van der Waals surface area contributed by atoms with Gasteiger partial charge in [0.25, 0.3) is 6.29 Å². The lowest BCUT2D eigenvalue weighted by Crippen LogP contribution is -2.36. The monoisotopic (exact) mass is 318 g/mol. The first-order chi connectivity index (χ1) is 11.2. The molecule has 0 saturated carbocycles. The molecule has 0 saturated heterocycles. The van der Waals surface area contributed by atoms with Crippen molar-refractivity contribution in [2.75, 3.05) is 14.2 Å². The normalized spacial score (nSPS) is 29.6. The van der Waals surface area contributed by atoms with Gasteiger partial charge in [0, 0.05) is 5.57 Å². The van der Waals surface area contributed by atoms with E-state index >= 15 is 0 Å². The third kappa shape index (κ3) is 2.77. The molecule has 6 nitrogen and oxygen atoms in total. The van der Waals surface area contributed by atoms with E-state index < -0.39 is 18.4 Å². The van der Waals surface area contributed by atoms with E-state index in [1.807, 2.05) is 18.2 Å². The van der Waals surface area contributed by atoms with Crippen LogP contribution in [0.2, 0.25) is 0 Å². The molecule has 0 aromatic heterocycles. The van der Waals surface area contributed by atoms with Crippen molar-refractivity contribution in [3.05, 3.63) is 58.8 Å². The van der Waals surface area contributed by atoms with Crippen molar-refractivity contribution in [2.45, 2.75) is 25.2 Å². The second kappa shape index (κ2) is 6.34. The predicted molar refractivity (Wildman–Crippen MR) is 81.0 cm³/mol. The lowest BCUT2D eigenvalue weighted by atomic mass is 9.86. The summed E-state index contributed by atoms with van der Waals surface area (Å²) < 4.78 is 21.7. The van der Waals surface area contributed by atoms with Crippen LogP contribution in [0.15, 0.2) is 58.8 Å². The van der Waals surface area contributed by atoms with Gasteiger partial charge >= 0.3 is 5.97 Å². The standard InChI is InChI=1S/C17H18O6/c1-20-13-8-7-12-11-6-4-3-5-10(11)9-22-17(16(18)19)23-14(12)15(13)21-2/h3,5,7-9,14,17H,4,6H2,1-2H3,(H,18,19)/b10-9?,12-11-. The van der Waals surface area contributed by atoms with E-state index in [-0.39, 0.29) is 0 Å². The summed E-state index contributed by atoms with van der Waals surface area (Å²) in [5.41, 5.74) is 2.78. The molecule has 122 valence electrons. The molecule has 0 fully saturated rings. The van der Waals surface area contributed by atoms with Crippen molar-refractivity contribution in [2.24, 2.45) is 0 Å². The summed E-state index contributed by atoms with van der Waals surface area (Å²) in [6, 6.07) is 0. The number of hydrogen-bond acceptors (Lipinski definition) is 5. The molecule has 0 aromatic rings. The Kier molecular flexibility index (Phi) is 4.25. The molecule has 0 spiro atoms. The van der Waals surface area contributed by atoms with Crippen molar-refractivity contribution in [1.82, 2.24) is 0 Å². The van der Waals surface area contributed by atoms with Crippen LogP contribution in [0.3, 0.4) is 0 Å². The van der Waals surface area contributed by atoms with Gasteiger partial charge in [0.1, 0.15) is 6.10 Å². The molecule has 1 heterocycles. The predicted octanol–water partition coefficient (Wildman–Crippen LogP) is 2.42. The first-order valence-electron chi connectivity index (χ1n) is 7.29. The Hall–Kier alpha value is -2.47. The minimum atomic E-state index is -1.42. The van der Waals surface area contributed by atoms with Gasteiger partial charge in [0.2, 0.25) is 0 Å². The van der Waals surface area contributed by atoms with Crippen LogP contribution in [-0.4, -0.2) is 37.7 Å². The molecule has 3 aliphatic rings. The van der Waals surface area contributed by atoms with E-state index in [4.69, 9.17) is 18.9 Å². The second-order valence-corrected chi connectivity index (χ2v) is 5.24. The summed E-state index contributed by atoms with van der Waals surface area (Å²) >= 11 is 0. The highest BCUT2D eigenvalue weighted by molar-refractivity contribution is 5.71. The number of rotatable bonds is 3. The fourth-order valence-electron chi connectivity index (χ4n) is 2.89. The Labute approximate surface area is 134 Å². The average Bonchev–Trinajstić information content (AvgIpc) is 2.55. The summed E-state index contributed by atoms with van der Waals surface area (Å²) in [7, 11) is 3.03. The zero-order valence-electron chi connectivity index (χ0n) is 12.9. The fraction of sp³-hybridized carbons (Fsp3) is 0.353. The average molecular weight is 318 g/mol. The quantitative estimate of drug-likeness (QED) is 0.861. The van der Waals surface area contributed by atoms with Crippen molar-refractivity contribution in [3.8, 4) is 0 Å². The van der Waals surface area contributed by atoms with Crippen LogP contribution >= 0.6 is 0 Å². The number of carboxylic acids is 1. The SMILES string of the molecule is COC1=C(OC)C2OC(C(=O)O)OC=C3C=CCC/C3=C/2C=C1. The van der Waals surface area contributed by atoms with Gasteiger partial charge < -0.3 is 24.1 Å². The Balaban J connectivity index is 2.14. The van der Waals surface area contributed by atoms with E-state index in [2.05, 4.69) is 0 Å². The minimum Gasteiger partial charge on any atom is -0.494 e. The number of methoxy groups -OCH3 is 2. The van der Waals surface area contributed by atoms with E-state index in [9.17, 15) is 9.90 Å². The number of carboxylic acid groups (broad SMARTS) is 1. The third-order valence-electron chi connectivity index (χ3n) is 3.95. The third-order valence-corrected chi connectivity index (χ3v) is 3.95. The van der Waals surface area contributed by atoms with E-state index in [1.165, 1.54) is 20.5 Å². The smallest absolute Gasteiger partial charge is 0.373 e. The van der Waals surface area contributed by atoms with Crippen LogP contribution in [0.1, 0.15) is 12.8 Å². The molecule has 23 heavy (non-hydrogen) atoms. The van der Waals surface area contributed by atoms with Gasteiger partial charge in [-0.05, 0) is 30.1 Å². The number of aliphatic carboxylic acids is 1. The number of carbonyl (C=O) groups is 1. The molecule has 2 unspecified atom stereocenters. The van der Waals surface area contributed by atoms with E-state index in [0.717, 1.165) is 29.6 Å². The molecule has 0 radical (unpaired) electrons. The van der Waals surface area contributed by atoms with E-state index in [0.29, 0.717) is 11.5 Å². The van der Waals surface area contributed by atoms with Crippen molar-refractivity contribution in [3.63, 3.8) is 0 Å². The van der Waals surface area contributed by atoms with Crippen molar-refractivity contribution >= 4 is 5.97 Å². The molecule has 2 aliphatic carbocycles. The van der Waals surface area contributed by atoms with Gasteiger partial charge in [-0.25, -0.2) is 4.79 Å². The molecule has 1 N–H and O–H groups in total. The minimum absolute atomic E-state index is 0.433. The Morgan fingerprint density at radius 3 is 2.78 bits per heavy atom. The highest BCUT2D eigenvalue weighted by Gasteiger charge is 2.36. The second-order valence-electron chi connectivity index (χ2n) is 5.24. The van der Waals surface area contributed by atoms with Gasteiger partial charge in [0.05, 0.1) is 20.5 Å². The van der Waals surface area contributed by atoms with Crippen molar-refractivity contribution in [1.29, 1.82) is 0 Å². The summed E-state index contributed by atoms with van der Waals surface area (Å²) in [6.45, 7) is 0. The Morgan fingerprint density at radius 1 is 1.26 bits per heavy atom. The molecule has 0 aromatic carbocycles. The first kappa shape index (κ1) is 15.4. The number of ether oxygens (including phenoxy) is 4. The van der Waals surface area contributed by atoms with Gasteiger partial charge in [-0.3, -0.25) is 0 Å². The first-order valence-corrected chi connectivity index (χ1v) is 7.29. The van der Waals surface area contributed by atoms with E-state index in [1.54, 1.807) is 6.08 Å². The van der Waals surface area contributed by atoms with Crippen molar-refractivity contribution < 1.29 is 28.8 Å². The summed E-state index contributed by atoms with van der Waals surface area (Å²) in [6.07, 6.45) is 8.72. The highest BCUT2D eigenvalue weighted by atomic mass is 16.7. The molecular weight excluding hydrogens is 300 g/mol. The van der Waals surface area contributed by atoms with Gasteiger partial charge in [0.15, 0.2) is 11.5 Å². The maximum absolute atomic E-state index is 11.4. The largest absolute Gasteiger partial charge is 0.494 e. The summed E-state index contributed by atoms with van der Waals surface area (Å²) in [4.78, 5) is 11.4. The van der Waals surface area contributed by atoms with Crippen LogP contribution in [0, 0.1) is 0 Å². The molecule has 1 aliphatic heterocycles. The van der Waals surface area contributed by atoms with Crippen LogP contribution in [-0.2, 0) is 23.7 Å². The zero-order valence-corrected chi connectivity index (χ0v) is 12.9. The van der Waals surface area contributed by atoms with Crippen LogP contribution < -0.4 is 0 Å². The lowest BCUT2D eigenvalue weighted by Gasteiger charge is -2.32. The molecular formula is C17H18O6. The Morgan fingerprint density at radius 2 is 2.09 bits per heavy atom. The maximum atomic E-state index is 11.4. The summed E-state index contributed by atoms with van der Waals surface area (Å²) in [5.74, 6) is -0.264. The lowest BCUT2D eigenvalue weighted by molar-refractivity contribution is -0.185. The highest BCUT2D eigenvalue weighted by Crippen LogP contribution is 2.37. The number of fused-ring (bicyclic) bond motifs is 2. The Bertz CT molecular complexity index is 665. The number of hydrogen-bond donors (Lipinski definition) is 1. The van der Waals surface area contributed by atoms with Crippen LogP contribution in [0.5, 0.6) is 0 Å². The van der Waals surface area contributed by atoms with Gasteiger partial charge in [-0.2, -0.15) is 0 Å². The zero-order chi connectivity index (χ0) is 16.4. The fourth-order valence-corrected chi connectivity index (χ4v) is 2.89. The van der Waals surface area contributed by atoms with Crippen LogP contribution in [0.25, 0.3) is 0 Å². The molecule has 2 atom stereocenters. The van der Waals surface area contributed by atoms with Gasteiger partial charge in [-0.1, -0.05) is 18.2 Å². The molecule has 6 heteroatoms. The molecule has 0 amide bonds. The number of allylic oxidation sites excluding steroid dienone is 5. The molecule has 3 rings (SSSR count). The maximum Gasteiger partial charge on any atom is 0.373 e.